The van der Waals surface area contributed by atoms with Crippen molar-refractivity contribution < 1.29 is 29.0 Å². The molecule has 1 heterocycles. The lowest BCUT2D eigenvalue weighted by Crippen LogP contribution is -2.49. The Kier molecular flexibility index (Phi) is 5.56. The van der Waals surface area contributed by atoms with E-state index in [1.165, 1.54) is 19.1 Å². The fourth-order valence-corrected chi connectivity index (χ4v) is 1.94. The van der Waals surface area contributed by atoms with Gasteiger partial charge in [0, 0.05) is 13.7 Å². The number of urea groups is 1. The maximum Gasteiger partial charge on any atom is 0.334 e. The van der Waals surface area contributed by atoms with Gasteiger partial charge in [-0.3, -0.25) is 0 Å². The lowest BCUT2D eigenvalue weighted by atomic mass is 10.2. The molecule has 0 aromatic heterocycles. The van der Waals surface area contributed by atoms with Crippen molar-refractivity contribution in [3.63, 3.8) is 0 Å². The lowest BCUT2D eigenvalue weighted by Gasteiger charge is -2.23. The molecular weight excluding hydrogens is 256 g/mol. The van der Waals surface area contributed by atoms with Crippen molar-refractivity contribution in [2.45, 2.75) is 25.0 Å². The van der Waals surface area contributed by atoms with Gasteiger partial charge in [0.15, 0.2) is 6.10 Å². The maximum atomic E-state index is 11.9. The first-order valence-electron chi connectivity index (χ1n) is 5.89. The minimum absolute atomic E-state index is 0.158. The fraction of sp³-hybridized carbons (Fsp3) is 0.727. The van der Waals surface area contributed by atoms with Crippen LogP contribution in [0.15, 0.2) is 0 Å². The zero-order valence-corrected chi connectivity index (χ0v) is 10.9. The van der Waals surface area contributed by atoms with Crippen molar-refractivity contribution in [2.75, 3.05) is 27.3 Å². The number of nitrogens with zero attached hydrogens (tertiary/aromatic N) is 1. The minimum Gasteiger partial charge on any atom is -0.479 e. The third kappa shape index (κ3) is 3.82. The quantitative estimate of drug-likeness (QED) is 0.651. The first-order valence-corrected chi connectivity index (χ1v) is 5.89. The van der Waals surface area contributed by atoms with Gasteiger partial charge in [-0.15, -0.1) is 0 Å². The van der Waals surface area contributed by atoms with Crippen LogP contribution in [-0.4, -0.2) is 67.4 Å². The summed E-state index contributed by atoms with van der Waals surface area (Å²) in [5.41, 5.74) is 0. The highest BCUT2D eigenvalue weighted by atomic mass is 16.5. The van der Waals surface area contributed by atoms with Crippen LogP contribution in [0.5, 0.6) is 0 Å². The molecule has 0 bridgehead atoms. The Hall–Kier alpha value is -1.83. The van der Waals surface area contributed by atoms with Gasteiger partial charge in [-0.2, -0.15) is 0 Å². The molecule has 19 heavy (non-hydrogen) atoms. The summed E-state index contributed by atoms with van der Waals surface area (Å²) in [4.78, 5) is 35.4. The average molecular weight is 274 g/mol. The summed E-state index contributed by atoms with van der Waals surface area (Å²) in [6.07, 6.45) is 0.148. The van der Waals surface area contributed by atoms with Crippen LogP contribution >= 0.6 is 0 Å². The summed E-state index contributed by atoms with van der Waals surface area (Å²) >= 11 is 0. The van der Waals surface area contributed by atoms with Gasteiger partial charge >= 0.3 is 18.0 Å². The van der Waals surface area contributed by atoms with E-state index in [2.05, 4.69) is 10.1 Å². The Morgan fingerprint density at radius 3 is 2.63 bits per heavy atom. The zero-order valence-electron chi connectivity index (χ0n) is 10.9. The van der Waals surface area contributed by atoms with Crippen LogP contribution in [-0.2, 0) is 19.1 Å². The number of amides is 2. The lowest BCUT2D eigenvalue weighted by molar-refractivity contribution is -0.148. The van der Waals surface area contributed by atoms with Crippen molar-refractivity contribution >= 4 is 18.0 Å². The van der Waals surface area contributed by atoms with E-state index in [-0.39, 0.29) is 6.54 Å². The van der Waals surface area contributed by atoms with Crippen LogP contribution < -0.4 is 5.32 Å². The number of ether oxygens (including phenoxy) is 2. The molecule has 1 aliphatic rings. The molecule has 2 amide bonds. The van der Waals surface area contributed by atoms with Gasteiger partial charge in [0.2, 0.25) is 0 Å². The molecule has 0 spiro atoms. The van der Waals surface area contributed by atoms with Gasteiger partial charge in [-0.05, 0) is 12.8 Å². The van der Waals surface area contributed by atoms with Gasteiger partial charge in [-0.1, -0.05) is 0 Å². The van der Waals surface area contributed by atoms with Crippen LogP contribution in [0.2, 0.25) is 0 Å². The van der Waals surface area contributed by atoms with Crippen LogP contribution in [0.4, 0.5) is 4.79 Å². The standard InChI is InChI=1S/C11H18N2O6/c1-18-8(9(14)15)6-12-11(17)13-5-3-4-7(13)10(16)19-2/h7-8H,3-6H2,1-2H3,(H,12,17)(H,14,15). The van der Waals surface area contributed by atoms with Gasteiger partial charge in [0.1, 0.15) is 6.04 Å². The summed E-state index contributed by atoms with van der Waals surface area (Å²) in [6, 6.07) is -1.09. The van der Waals surface area contributed by atoms with Gasteiger partial charge in [-0.25, -0.2) is 14.4 Å². The van der Waals surface area contributed by atoms with E-state index < -0.39 is 30.1 Å². The number of carbonyl (C=O) groups is 3. The van der Waals surface area contributed by atoms with Crippen LogP contribution in [0.3, 0.4) is 0 Å². The SMILES string of the molecule is COC(=O)C1CCCN1C(=O)NCC(OC)C(=O)O. The van der Waals surface area contributed by atoms with Crippen LogP contribution in [0.25, 0.3) is 0 Å². The van der Waals surface area contributed by atoms with E-state index >= 15 is 0 Å². The monoisotopic (exact) mass is 274 g/mol. The molecule has 1 aliphatic heterocycles. The van der Waals surface area contributed by atoms with Gasteiger partial charge < -0.3 is 24.8 Å². The molecule has 108 valence electrons. The Labute approximate surface area is 110 Å². The number of nitrogens with one attached hydrogen (secondary N) is 1. The number of hydrogen-bond acceptors (Lipinski definition) is 5. The van der Waals surface area contributed by atoms with E-state index in [1.54, 1.807) is 0 Å². The number of likely N-dealkylation sites (tertiary alicyclic amines) is 1. The Morgan fingerprint density at radius 1 is 1.42 bits per heavy atom. The first-order chi connectivity index (χ1) is 9.01. The van der Waals surface area contributed by atoms with Gasteiger partial charge in [0.25, 0.3) is 0 Å². The molecule has 1 fully saturated rings. The molecule has 0 radical (unpaired) electrons. The Balaban J connectivity index is 2.53. The summed E-state index contributed by atoms with van der Waals surface area (Å²) in [5, 5.41) is 11.2. The molecule has 8 nitrogen and oxygen atoms in total. The first kappa shape index (κ1) is 15.2. The maximum absolute atomic E-state index is 11.9. The molecule has 0 aromatic rings. The van der Waals surface area contributed by atoms with Gasteiger partial charge in [0.05, 0.1) is 13.7 Å². The molecule has 1 saturated heterocycles. The number of hydrogen-bond donors (Lipinski definition) is 2. The molecular formula is C11H18N2O6. The predicted octanol–water partition coefficient (Wildman–Crippen LogP) is -0.567. The number of rotatable bonds is 5. The fourth-order valence-electron chi connectivity index (χ4n) is 1.94. The second-order valence-corrected chi connectivity index (χ2v) is 4.12. The Morgan fingerprint density at radius 2 is 2.11 bits per heavy atom. The van der Waals surface area contributed by atoms with Crippen molar-refractivity contribution in [3.8, 4) is 0 Å². The van der Waals surface area contributed by atoms with Crippen molar-refractivity contribution in [1.82, 2.24) is 10.2 Å². The highest BCUT2D eigenvalue weighted by Crippen LogP contribution is 2.18. The summed E-state index contributed by atoms with van der Waals surface area (Å²) in [6.45, 7) is 0.283. The van der Waals surface area contributed by atoms with Crippen LogP contribution in [0, 0.1) is 0 Å². The summed E-state index contributed by atoms with van der Waals surface area (Å²) in [5.74, 6) is -1.62. The van der Waals surface area contributed by atoms with E-state index in [0.717, 1.165) is 0 Å². The number of carboxylic acids is 1. The zero-order chi connectivity index (χ0) is 14.4. The van der Waals surface area contributed by atoms with Crippen molar-refractivity contribution in [3.05, 3.63) is 0 Å². The molecule has 8 heteroatoms. The molecule has 2 unspecified atom stereocenters. The Bertz CT molecular complexity index is 359. The highest BCUT2D eigenvalue weighted by Gasteiger charge is 2.35. The second-order valence-electron chi connectivity index (χ2n) is 4.12. The topological polar surface area (TPSA) is 105 Å². The number of aliphatic carboxylic acids is 1. The van der Waals surface area contributed by atoms with Crippen molar-refractivity contribution in [1.29, 1.82) is 0 Å². The van der Waals surface area contributed by atoms with Crippen LogP contribution in [0.1, 0.15) is 12.8 Å². The number of esters is 1. The van der Waals surface area contributed by atoms with Crippen molar-refractivity contribution in [2.24, 2.45) is 0 Å². The van der Waals surface area contributed by atoms with E-state index in [4.69, 9.17) is 9.84 Å². The van der Waals surface area contributed by atoms with E-state index in [9.17, 15) is 14.4 Å². The number of carbonyl (C=O) groups excluding carboxylic acids is 2. The third-order valence-corrected chi connectivity index (χ3v) is 2.99. The highest BCUT2D eigenvalue weighted by molar-refractivity contribution is 5.84. The number of carboxylic acid groups (broad SMARTS) is 1. The largest absolute Gasteiger partial charge is 0.479 e. The average Bonchev–Trinajstić information content (AvgIpc) is 2.87. The molecule has 2 atom stereocenters. The molecule has 0 aromatic carbocycles. The summed E-state index contributed by atoms with van der Waals surface area (Å²) in [7, 11) is 2.51. The van der Waals surface area contributed by atoms with E-state index in [0.29, 0.717) is 19.4 Å². The predicted molar refractivity (Wildman–Crippen MR) is 63.6 cm³/mol. The smallest absolute Gasteiger partial charge is 0.334 e. The molecule has 0 saturated carbocycles. The number of methoxy groups -OCH3 is 2. The summed E-state index contributed by atoms with van der Waals surface area (Å²) < 4.78 is 9.32. The van der Waals surface area contributed by atoms with E-state index in [1.807, 2.05) is 0 Å². The molecule has 1 rings (SSSR count). The molecule has 0 aliphatic carbocycles. The third-order valence-electron chi connectivity index (χ3n) is 2.99. The normalized spacial score (nSPS) is 19.9. The second kappa shape index (κ2) is 6.93. The minimum atomic E-state index is -1.16. The molecule has 2 N–H and O–H groups in total.